The summed E-state index contributed by atoms with van der Waals surface area (Å²) in [6, 6.07) is 11.8. The Morgan fingerprint density at radius 3 is 2.41 bits per heavy atom. The second-order valence-corrected chi connectivity index (χ2v) is 10.0. The van der Waals surface area contributed by atoms with Crippen molar-refractivity contribution in [3.8, 4) is 0 Å². The van der Waals surface area contributed by atoms with Crippen LogP contribution in [0.25, 0.3) is 0 Å². The van der Waals surface area contributed by atoms with Crippen LogP contribution in [0.1, 0.15) is 40.7 Å². The molecule has 5 nitrogen and oxygen atoms in total. The van der Waals surface area contributed by atoms with Gasteiger partial charge in [0.25, 0.3) is 0 Å². The van der Waals surface area contributed by atoms with Crippen molar-refractivity contribution >= 4 is 15.9 Å². The lowest BCUT2D eigenvalue weighted by atomic mass is 9.98. The molecule has 6 heteroatoms. The number of piperidine rings is 1. The molecule has 1 amide bonds. The highest BCUT2D eigenvalue weighted by Gasteiger charge is 2.34. The van der Waals surface area contributed by atoms with Crippen molar-refractivity contribution in [2.24, 2.45) is 5.92 Å². The van der Waals surface area contributed by atoms with Crippen molar-refractivity contribution in [1.82, 2.24) is 9.62 Å². The monoisotopic (exact) mass is 414 g/mol. The van der Waals surface area contributed by atoms with Gasteiger partial charge in [0.05, 0.1) is 10.8 Å². The summed E-state index contributed by atoms with van der Waals surface area (Å²) in [5.41, 5.74) is 4.76. The minimum Gasteiger partial charge on any atom is -0.352 e. The Balaban J connectivity index is 1.72. The quantitative estimate of drug-likeness (QED) is 0.812. The Morgan fingerprint density at radius 1 is 1.07 bits per heavy atom. The average Bonchev–Trinajstić information content (AvgIpc) is 2.65. The van der Waals surface area contributed by atoms with Crippen molar-refractivity contribution in [2.75, 3.05) is 13.1 Å². The van der Waals surface area contributed by atoms with Gasteiger partial charge in [0, 0.05) is 19.6 Å². The Bertz CT molecular complexity index is 992. The molecule has 0 aliphatic carbocycles. The molecule has 1 aliphatic heterocycles. The van der Waals surface area contributed by atoms with Crippen molar-refractivity contribution in [2.45, 2.75) is 52.0 Å². The van der Waals surface area contributed by atoms with E-state index in [0.717, 1.165) is 27.8 Å². The first-order chi connectivity index (χ1) is 13.7. The predicted octanol–water partition coefficient (Wildman–Crippen LogP) is 3.64. The number of hydrogen-bond donors (Lipinski definition) is 1. The number of benzene rings is 2. The topological polar surface area (TPSA) is 66.5 Å². The van der Waals surface area contributed by atoms with E-state index in [1.165, 1.54) is 4.31 Å². The van der Waals surface area contributed by atoms with E-state index in [0.29, 0.717) is 30.8 Å². The molecule has 1 saturated heterocycles. The van der Waals surface area contributed by atoms with E-state index in [-0.39, 0.29) is 18.4 Å². The summed E-state index contributed by atoms with van der Waals surface area (Å²) < 4.78 is 28.1. The highest BCUT2D eigenvalue weighted by atomic mass is 32.2. The minimum absolute atomic E-state index is 0.0799. The first-order valence-electron chi connectivity index (χ1n) is 10.1. The number of carbonyl (C=O) groups excluding carboxylic acids is 1. The number of rotatable bonds is 5. The van der Waals surface area contributed by atoms with Gasteiger partial charge in [-0.05, 0) is 57.2 Å². The Hall–Kier alpha value is -2.18. The molecule has 1 heterocycles. The number of nitrogens with zero attached hydrogens (tertiary/aromatic N) is 1. The fourth-order valence-corrected chi connectivity index (χ4v) is 6.17. The summed E-state index contributed by atoms with van der Waals surface area (Å²) in [6.45, 7) is 8.80. The van der Waals surface area contributed by atoms with Crippen LogP contribution in [-0.4, -0.2) is 31.7 Å². The molecule has 0 spiro atoms. The summed E-state index contributed by atoms with van der Waals surface area (Å²) >= 11 is 0. The Kier molecular flexibility index (Phi) is 6.44. The molecular formula is C23H30N2O3S. The normalized spacial score (nSPS) is 17.9. The predicted molar refractivity (Wildman–Crippen MR) is 115 cm³/mol. The molecule has 0 unspecified atom stereocenters. The lowest BCUT2D eigenvalue weighted by molar-refractivity contribution is -0.126. The maximum Gasteiger partial charge on any atom is 0.243 e. The summed E-state index contributed by atoms with van der Waals surface area (Å²) in [7, 11) is -3.63. The Labute approximate surface area is 174 Å². The molecule has 0 bridgehead atoms. The van der Waals surface area contributed by atoms with Crippen LogP contribution in [0, 0.1) is 33.6 Å². The minimum atomic E-state index is -3.63. The molecule has 2 aromatic carbocycles. The highest BCUT2D eigenvalue weighted by molar-refractivity contribution is 7.89. The first kappa shape index (κ1) is 21.5. The third-order valence-electron chi connectivity index (χ3n) is 5.51. The van der Waals surface area contributed by atoms with Crippen LogP contribution in [0.5, 0.6) is 0 Å². The second-order valence-electron chi connectivity index (χ2n) is 8.14. The van der Waals surface area contributed by atoms with Gasteiger partial charge in [-0.25, -0.2) is 8.42 Å². The van der Waals surface area contributed by atoms with Gasteiger partial charge >= 0.3 is 0 Å². The largest absolute Gasteiger partial charge is 0.352 e. The van der Waals surface area contributed by atoms with Crippen LogP contribution < -0.4 is 5.32 Å². The second kappa shape index (κ2) is 8.67. The van der Waals surface area contributed by atoms with Crippen LogP contribution in [0.2, 0.25) is 0 Å². The lowest BCUT2D eigenvalue weighted by Crippen LogP contribution is -2.45. The molecule has 0 radical (unpaired) electrons. The zero-order valence-electron chi connectivity index (χ0n) is 17.7. The van der Waals surface area contributed by atoms with Gasteiger partial charge in [0.1, 0.15) is 0 Å². The number of carbonyl (C=O) groups is 1. The molecule has 1 aliphatic rings. The van der Waals surface area contributed by atoms with Crippen LogP contribution >= 0.6 is 0 Å². The standard InChI is InChI=1S/C23H30N2O3S/c1-16-7-5-8-20(13-16)14-24-23(26)21-9-6-10-25(15-21)29(27,28)22-18(3)11-17(2)12-19(22)4/h5,7-8,11-13,21H,6,9-10,14-15H2,1-4H3,(H,24,26)/t21-/m0/s1. The van der Waals surface area contributed by atoms with E-state index in [1.54, 1.807) is 0 Å². The molecule has 1 N–H and O–H groups in total. The smallest absolute Gasteiger partial charge is 0.243 e. The van der Waals surface area contributed by atoms with E-state index in [9.17, 15) is 13.2 Å². The number of amides is 1. The first-order valence-corrected chi connectivity index (χ1v) is 11.5. The van der Waals surface area contributed by atoms with Crippen molar-refractivity contribution in [3.05, 3.63) is 64.2 Å². The van der Waals surface area contributed by atoms with Crippen LogP contribution in [0.4, 0.5) is 0 Å². The van der Waals surface area contributed by atoms with Gasteiger partial charge in [-0.15, -0.1) is 0 Å². The number of hydrogen-bond acceptors (Lipinski definition) is 3. The van der Waals surface area contributed by atoms with E-state index < -0.39 is 10.0 Å². The fraction of sp³-hybridized carbons (Fsp3) is 0.435. The zero-order valence-corrected chi connectivity index (χ0v) is 18.5. The molecule has 1 atom stereocenters. The highest BCUT2D eigenvalue weighted by Crippen LogP contribution is 2.29. The number of sulfonamides is 1. The molecule has 0 saturated carbocycles. The van der Waals surface area contributed by atoms with Crippen molar-refractivity contribution < 1.29 is 13.2 Å². The molecule has 156 valence electrons. The van der Waals surface area contributed by atoms with Crippen LogP contribution in [0.15, 0.2) is 41.3 Å². The number of aryl methyl sites for hydroxylation is 4. The van der Waals surface area contributed by atoms with Gasteiger partial charge < -0.3 is 5.32 Å². The van der Waals surface area contributed by atoms with E-state index >= 15 is 0 Å². The van der Waals surface area contributed by atoms with Crippen molar-refractivity contribution in [3.63, 3.8) is 0 Å². The molecule has 1 fully saturated rings. The molecule has 29 heavy (non-hydrogen) atoms. The third kappa shape index (κ3) is 4.87. The summed E-state index contributed by atoms with van der Waals surface area (Å²) in [4.78, 5) is 13.1. The molecule has 0 aromatic heterocycles. The van der Waals surface area contributed by atoms with Crippen molar-refractivity contribution in [1.29, 1.82) is 0 Å². The van der Waals surface area contributed by atoms with Gasteiger partial charge in [-0.1, -0.05) is 47.5 Å². The number of nitrogens with one attached hydrogen (secondary N) is 1. The van der Waals surface area contributed by atoms with Crippen LogP contribution in [0.3, 0.4) is 0 Å². The molecule has 3 rings (SSSR count). The summed E-state index contributed by atoms with van der Waals surface area (Å²) in [6.07, 6.45) is 1.39. The maximum atomic E-state index is 13.3. The summed E-state index contributed by atoms with van der Waals surface area (Å²) in [5.74, 6) is -0.404. The lowest BCUT2D eigenvalue weighted by Gasteiger charge is -2.32. The Morgan fingerprint density at radius 2 is 1.76 bits per heavy atom. The average molecular weight is 415 g/mol. The van der Waals surface area contributed by atoms with Gasteiger partial charge in [0.15, 0.2) is 0 Å². The van der Waals surface area contributed by atoms with Gasteiger partial charge in [-0.2, -0.15) is 4.31 Å². The SMILES string of the molecule is Cc1cccc(CNC(=O)[C@H]2CCCN(S(=O)(=O)c3c(C)cc(C)cc3C)C2)c1. The van der Waals surface area contributed by atoms with E-state index in [4.69, 9.17) is 0 Å². The van der Waals surface area contributed by atoms with E-state index in [1.807, 2.05) is 64.1 Å². The fourth-order valence-electron chi connectivity index (χ4n) is 4.23. The molecular weight excluding hydrogens is 384 g/mol. The van der Waals surface area contributed by atoms with Gasteiger partial charge in [0.2, 0.25) is 15.9 Å². The van der Waals surface area contributed by atoms with Crippen LogP contribution in [-0.2, 0) is 21.4 Å². The third-order valence-corrected chi connectivity index (χ3v) is 7.68. The van der Waals surface area contributed by atoms with E-state index in [2.05, 4.69) is 5.32 Å². The zero-order chi connectivity index (χ0) is 21.2. The summed E-state index contributed by atoms with van der Waals surface area (Å²) in [5, 5.41) is 2.98. The maximum absolute atomic E-state index is 13.3. The molecule has 2 aromatic rings. The van der Waals surface area contributed by atoms with Gasteiger partial charge in [-0.3, -0.25) is 4.79 Å².